The summed E-state index contributed by atoms with van der Waals surface area (Å²) < 4.78 is 5.09. The molecule has 1 aliphatic heterocycles. The monoisotopic (exact) mass is 413 g/mol. The highest BCUT2D eigenvalue weighted by Gasteiger charge is 2.11. The Bertz CT molecular complexity index is 803. The number of rotatable bonds is 8. The second kappa shape index (κ2) is 10.8. The maximum absolute atomic E-state index is 12.1. The van der Waals surface area contributed by atoms with Crippen molar-refractivity contribution in [1.29, 1.82) is 0 Å². The zero-order chi connectivity index (χ0) is 20.5. The van der Waals surface area contributed by atoms with Crippen LogP contribution in [0, 0.1) is 0 Å². The maximum atomic E-state index is 12.1. The Balaban J connectivity index is 1.37. The van der Waals surface area contributed by atoms with Crippen LogP contribution in [0.5, 0.6) is 5.75 Å². The standard InChI is InChI=1S/C22H27N3O3S/c1-28-20-11-7-18(8-12-20)24-22(27)16-29-15-21(26)23-17-5-9-19(10-6-17)25-13-3-2-4-14-25/h5-12H,2-4,13-16H2,1H3,(H,23,26)(H,24,27). The summed E-state index contributed by atoms with van der Waals surface area (Å²) >= 11 is 1.28. The van der Waals surface area contributed by atoms with Crippen LogP contribution < -0.4 is 20.3 Å². The van der Waals surface area contributed by atoms with Crippen LogP contribution >= 0.6 is 11.8 Å². The van der Waals surface area contributed by atoms with Gasteiger partial charge in [0.2, 0.25) is 11.8 Å². The molecule has 1 fully saturated rings. The lowest BCUT2D eigenvalue weighted by molar-refractivity contribution is -0.114. The molecule has 0 saturated carbocycles. The van der Waals surface area contributed by atoms with Crippen molar-refractivity contribution in [3.8, 4) is 5.75 Å². The van der Waals surface area contributed by atoms with Gasteiger partial charge < -0.3 is 20.3 Å². The van der Waals surface area contributed by atoms with Gasteiger partial charge >= 0.3 is 0 Å². The first kappa shape index (κ1) is 21.0. The van der Waals surface area contributed by atoms with Crippen molar-refractivity contribution in [2.45, 2.75) is 19.3 Å². The summed E-state index contributed by atoms with van der Waals surface area (Å²) in [7, 11) is 1.60. The highest BCUT2D eigenvalue weighted by molar-refractivity contribution is 8.00. The molecule has 2 amide bonds. The van der Waals surface area contributed by atoms with Crippen LogP contribution in [0.4, 0.5) is 17.1 Å². The van der Waals surface area contributed by atoms with Gasteiger partial charge in [0.15, 0.2) is 0 Å². The molecule has 1 aliphatic rings. The highest BCUT2D eigenvalue weighted by atomic mass is 32.2. The van der Waals surface area contributed by atoms with Gasteiger partial charge in [-0.2, -0.15) is 0 Å². The number of piperidine rings is 1. The zero-order valence-corrected chi connectivity index (χ0v) is 17.5. The second-order valence-corrected chi connectivity index (χ2v) is 7.90. The molecule has 7 heteroatoms. The van der Waals surface area contributed by atoms with Gasteiger partial charge in [0, 0.05) is 30.2 Å². The fourth-order valence-electron chi connectivity index (χ4n) is 3.21. The number of thioether (sulfide) groups is 1. The minimum Gasteiger partial charge on any atom is -0.497 e. The molecular weight excluding hydrogens is 386 g/mol. The number of nitrogens with one attached hydrogen (secondary N) is 2. The largest absolute Gasteiger partial charge is 0.497 e. The van der Waals surface area contributed by atoms with Gasteiger partial charge in [0.05, 0.1) is 18.6 Å². The van der Waals surface area contributed by atoms with Crippen molar-refractivity contribution in [3.63, 3.8) is 0 Å². The van der Waals surface area contributed by atoms with Crippen molar-refractivity contribution in [3.05, 3.63) is 48.5 Å². The SMILES string of the molecule is COc1ccc(NC(=O)CSCC(=O)Nc2ccc(N3CCCCC3)cc2)cc1. The normalized spacial score (nSPS) is 13.6. The molecular formula is C22H27N3O3S. The smallest absolute Gasteiger partial charge is 0.234 e. The summed E-state index contributed by atoms with van der Waals surface area (Å²) in [6, 6.07) is 15.1. The first-order chi connectivity index (χ1) is 14.1. The summed E-state index contributed by atoms with van der Waals surface area (Å²) in [4.78, 5) is 26.5. The number of hydrogen-bond acceptors (Lipinski definition) is 5. The molecule has 0 unspecified atom stereocenters. The second-order valence-electron chi connectivity index (χ2n) is 6.91. The van der Waals surface area contributed by atoms with Crippen LogP contribution in [0.3, 0.4) is 0 Å². The number of hydrogen-bond donors (Lipinski definition) is 2. The van der Waals surface area contributed by atoms with Gasteiger partial charge in [0.25, 0.3) is 0 Å². The van der Waals surface area contributed by atoms with E-state index in [2.05, 4.69) is 27.7 Å². The summed E-state index contributed by atoms with van der Waals surface area (Å²) in [6.45, 7) is 2.20. The van der Waals surface area contributed by atoms with Gasteiger partial charge in [0.1, 0.15) is 5.75 Å². The Kier molecular flexibility index (Phi) is 7.81. The lowest BCUT2D eigenvalue weighted by Gasteiger charge is -2.28. The number of nitrogens with zero attached hydrogens (tertiary/aromatic N) is 1. The molecule has 0 bridgehead atoms. The summed E-state index contributed by atoms with van der Waals surface area (Å²) in [5, 5.41) is 5.69. The average molecular weight is 414 g/mol. The molecule has 1 heterocycles. The molecule has 0 radical (unpaired) electrons. The molecule has 0 atom stereocenters. The Morgan fingerprint density at radius 3 is 1.90 bits per heavy atom. The summed E-state index contributed by atoms with van der Waals surface area (Å²) in [5.41, 5.74) is 2.68. The fraction of sp³-hybridized carbons (Fsp3) is 0.364. The lowest BCUT2D eigenvalue weighted by atomic mass is 10.1. The van der Waals surface area contributed by atoms with E-state index in [1.807, 2.05) is 12.1 Å². The molecule has 29 heavy (non-hydrogen) atoms. The predicted molar refractivity (Wildman–Crippen MR) is 120 cm³/mol. The minimum atomic E-state index is -0.140. The number of ether oxygens (including phenoxy) is 1. The zero-order valence-electron chi connectivity index (χ0n) is 16.6. The van der Waals surface area contributed by atoms with E-state index in [-0.39, 0.29) is 23.3 Å². The van der Waals surface area contributed by atoms with Gasteiger partial charge in [-0.05, 0) is 67.8 Å². The molecule has 0 aliphatic carbocycles. The van der Waals surface area contributed by atoms with Gasteiger partial charge in [-0.15, -0.1) is 11.8 Å². The number of methoxy groups -OCH3 is 1. The third-order valence-corrected chi connectivity index (χ3v) is 5.64. The van der Waals surface area contributed by atoms with Crippen LogP contribution in [0.15, 0.2) is 48.5 Å². The number of carbonyl (C=O) groups is 2. The topological polar surface area (TPSA) is 70.7 Å². The molecule has 2 N–H and O–H groups in total. The van der Waals surface area contributed by atoms with Gasteiger partial charge in [-0.3, -0.25) is 9.59 Å². The van der Waals surface area contributed by atoms with Gasteiger partial charge in [-0.1, -0.05) is 0 Å². The van der Waals surface area contributed by atoms with E-state index in [4.69, 9.17) is 4.74 Å². The van der Waals surface area contributed by atoms with E-state index in [0.717, 1.165) is 24.5 Å². The van der Waals surface area contributed by atoms with E-state index < -0.39 is 0 Å². The number of anilines is 3. The highest BCUT2D eigenvalue weighted by Crippen LogP contribution is 2.22. The first-order valence-corrected chi connectivity index (χ1v) is 11.0. The molecule has 2 aromatic carbocycles. The molecule has 6 nitrogen and oxygen atoms in total. The Morgan fingerprint density at radius 1 is 0.862 bits per heavy atom. The Hall–Kier alpha value is -2.67. The molecule has 3 rings (SSSR count). The van der Waals surface area contributed by atoms with Crippen LogP contribution in [-0.2, 0) is 9.59 Å². The maximum Gasteiger partial charge on any atom is 0.234 e. The molecule has 1 saturated heterocycles. The van der Waals surface area contributed by atoms with Crippen LogP contribution in [0.25, 0.3) is 0 Å². The first-order valence-electron chi connectivity index (χ1n) is 9.80. The van der Waals surface area contributed by atoms with Crippen molar-refractivity contribution in [2.75, 3.05) is 47.2 Å². The van der Waals surface area contributed by atoms with Crippen molar-refractivity contribution in [1.82, 2.24) is 0 Å². The van der Waals surface area contributed by atoms with E-state index in [1.165, 1.54) is 36.7 Å². The Labute approximate surface area is 176 Å². The summed E-state index contributed by atoms with van der Waals surface area (Å²) in [5.74, 6) is 0.923. The predicted octanol–water partition coefficient (Wildman–Crippen LogP) is 4.00. The van der Waals surface area contributed by atoms with Crippen molar-refractivity contribution < 1.29 is 14.3 Å². The molecule has 0 aromatic heterocycles. The third kappa shape index (κ3) is 6.71. The minimum absolute atomic E-state index is 0.113. The Morgan fingerprint density at radius 2 is 1.38 bits per heavy atom. The number of benzene rings is 2. The average Bonchev–Trinajstić information content (AvgIpc) is 2.75. The van der Waals surface area contributed by atoms with E-state index in [9.17, 15) is 9.59 Å². The quantitative estimate of drug-likeness (QED) is 0.685. The summed E-state index contributed by atoms with van der Waals surface area (Å²) in [6.07, 6.45) is 3.78. The van der Waals surface area contributed by atoms with E-state index in [0.29, 0.717) is 5.69 Å². The van der Waals surface area contributed by atoms with Crippen molar-refractivity contribution >= 4 is 40.6 Å². The van der Waals surface area contributed by atoms with Crippen LogP contribution in [-0.4, -0.2) is 43.5 Å². The lowest BCUT2D eigenvalue weighted by Crippen LogP contribution is -2.29. The van der Waals surface area contributed by atoms with Gasteiger partial charge in [-0.25, -0.2) is 0 Å². The fourth-order valence-corrected chi connectivity index (χ4v) is 3.83. The van der Waals surface area contributed by atoms with E-state index >= 15 is 0 Å². The third-order valence-electron chi connectivity index (χ3n) is 4.71. The van der Waals surface area contributed by atoms with Crippen molar-refractivity contribution in [2.24, 2.45) is 0 Å². The van der Waals surface area contributed by atoms with Crippen LogP contribution in [0.1, 0.15) is 19.3 Å². The van der Waals surface area contributed by atoms with E-state index in [1.54, 1.807) is 31.4 Å². The molecule has 154 valence electrons. The number of amides is 2. The van der Waals surface area contributed by atoms with Crippen LogP contribution in [0.2, 0.25) is 0 Å². The molecule has 0 spiro atoms. The molecule has 2 aromatic rings. The number of carbonyl (C=O) groups excluding carboxylic acids is 2.